The number of aryl methyl sites for hydroxylation is 1. The van der Waals surface area contributed by atoms with Crippen LogP contribution in [0, 0.1) is 25.1 Å². The highest BCUT2D eigenvalue weighted by molar-refractivity contribution is 6.35. The Bertz CT molecular complexity index is 2530. The van der Waals surface area contributed by atoms with E-state index in [0.717, 1.165) is 21.4 Å². The van der Waals surface area contributed by atoms with E-state index in [-0.39, 0.29) is 65.4 Å². The lowest BCUT2D eigenvalue weighted by molar-refractivity contribution is -0.131. The van der Waals surface area contributed by atoms with Gasteiger partial charge in [0.2, 0.25) is 5.91 Å². The number of amides is 6. The fourth-order valence-electron chi connectivity index (χ4n) is 8.06. The molecule has 6 rings (SSSR count). The van der Waals surface area contributed by atoms with Gasteiger partial charge in [-0.3, -0.25) is 24.7 Å². The van der Waals surface area contributed by atoms with Crippen LogP contribution in [0.1, 0.15) is 89.6 Å². The molecule has 344 valence electrons. The molecule has 7 N–H and O–H groups in total. The number of phenols is 2. The number of fused-ring (bicyclic) bond motifs is 1. The van der Waals surface area contributed by atoms with Gasteiger partial charge in [-0.05, 0) is 92.0 Å². The number of amidine groups is 1. The number of carbonyl (C=O) groups is 5. The standard InChI is InChI=1S/C47H56FN9O8/c1-7-53(8-2)17-19-56(45(62)42-28(5)38(51-29(42)6)23-35-34-21-31(48)11-14-37(34)52-44(35)61)47(64)65-20-15-41(60)55-18-16-54(26-55)25-30-9-12-32(13-10-30)57(46(50)63)43(49)36-22-33(27(3)4)39(58)24-40(36)59/h9-14,21-24,27,49,51,58-59H,7-8,15-20,25-26H2,1-6H3,(H2,50,63)(H,52,61). The van der Waals surface area contributed by atoms with Crippen molar-refractivity contribution in [3.05, 3.63) is 105 Å². The third-order valence-electron chi connectivity index (χ3n) is 11.8. The molecule has 18 heteroatoms. The van der Waals surface area contributed by atoms with E-state index >= 15 is 0 Å². The van der Waals surface area contributed by atoms with Gasteiger partial charge in [0, 0.05) is 61.4 Å². The molecule has 0 atom stereocenters. The number of nitrogens with two attached hydrogens (primary N) is 1. The molecule has 65 heavy (non-hydrogen) atoms. The first-order valence-electron chi connectivity index (χ1n) is 21.5. The molecule has 1 aromatic heterocycles. The summed E-state index contributed by atoms with van der Waals surface area (Å²) in [6, 6.07) is 12.5. The van der Waals surface area contributed by atoms with E-state index < -0.39 is 29.8 Å². The number of aromatic hydroxyl groups is 2. The first-order valence-corrected chi connectivity index (χ1v) is 21.5. The Kier molecular flexibility index (Phi) is 14.7. The van der Waals surface area contributed by atoms with E-state index in [1.54, 1.807) is 49.1 Å². The number of ether oxygens (including phenoxy) is 1. The quantitative estimate of drug-likeness (QED) is 0.0442. The van der Waals surface area contributed by atoms with E-state index in [1.807, 2.05) is 32.6 Å². The zero-order valence-electron chi connectivity index (χ0n) is 37.5. The van der Waals surface area contributed by atoms with Gasteiger partial charge in [0.15, 0.2) is 0 Å². The Morgan fingerprint density at radius 1 is 0.985 bits per heavy atom. The second-order valence-electron chi connectivity index (χ2n) is 16.3. The van der Waals surface area contributed by atoms with Crippen LogP contribution >= 0.6 is 0 Å². The number of benzene rings is 3. The number of aromatic amines is 1. The molecule has 0 unspecified atom stereocenters. The molecule has 2 aliphatic heterocycles. The maximum absolute atomic E-state index is 14.2. The van der Waals surface area contributed by atoms with Gasteiger partial charge in [-0.15, -0.1) is 0 Å². The predicted octanol–water partition coefficient (Wildman–Crippen LogP) is 6.32. The monoisotopic (exact) mass is 893 g/mol. The molecule has 3 heterocycles. The summed E-state index contributed by atoms with van der Waals surface area (Å²) < 4.78 is 19.7. The van der Waals surface area contributed by atoms with E-state index in [2.05, 4.69) is 15.2 Å². The van der Waals surface area contributed by atoms with Crippen molar-refractivity contribution in [2.45, 2.75) is 60.4 Å². The summed E-state index contributed by atoms with van der Waals surface area (Å²) in [5, 5.41) is 32.2. The molecule has 0 saturated carbocycles. The van der Waals surface area contributed by atoms with Crippen LogP contribution in [-0.4, -0.2) is 123 Å². The lowest BCUT2D eigenvalue weighted by Gasteiger charge is -2.25. The number of H-pyrrole nitrogens is 1. The number of primary amides is 1. The molecule has 6 amide bonds. The number of hydrogen-bond acceptors (Lipinski definition) is 11. The number of hydrogen-bond donors (Lipinski definition) is 6. The number of imide groups is 1. The van der Waals surface area contributed by atoms with Crippen LogP contribution in [0.15, 0.2) is 54.6 Å². The van der Waals surface area contributed by atoms with Crippen LogP contribution < -0.4 is 16.0 Å². The molecule has 0 radical (unpaired) electrons. The highest BCUT2D eigenvalue weighted by Crippen LogP contribution is 2.36. The van der Waals surface area contributed by atoms with Gasteiger partial charge in [-0.2, -0.15) is 0 Å². The molecule has 0 bridgehead atoms. The smallest absolute Gasteiger partial charge is 0.416 e. The van der Waals surface area contributed by atoms with E-state index in [1.165, 1.54) is 24.3 Å². The summed E-state index contributed by atoms with van der Waals surface area (Å²) in [6.45, 7) is 14.3. The number of halogens is 1. The third-order valence-corrected chi connectivity index (χ3v) is 11.8. The number of nitrogens with zero attached hydrogens (tertiary/aromatic N) is 5. The number of likely N-dealkylation sites (N-methyl/N-ethyl adjacent to an activating group) is 1. The Morgan fingerprint density at radius 2 is 1.69 bits per heavy atom. The lowest BCUT2D eigenvalue weighted by Crippen LogP contribution is -2.43. The topological polar surface area (TPSA) is 229 Å². The SMILES string of the molecule is CCN(CC)CCN(C(=O)OCCC(=O)N1CCN(Cc2ccc(N(C(=N)c3cc(C(C)C)c(O)cc3O)C(N)=O)cc2)C1)C(=O)c1c(C)[nH]c(C=C2C(=O)Nc3ccc(F)cc32)c1C. The molecule has 17 nitrogen and oxygen atoms in total. The van der Waals surface area contributed by atoms with Crippen LogP contribution in [0.25, 0.3) is 11.6 Å². The molecular weight excluding hydrogens is 838 g/mol. The number of phenolic OH excluding ortho intramolecular Hbond substituents is 2. The van der Waals surface area contributed by atoms with Crippen molar-refractivity contribution >= 4 is 58.7 Å². The van der Waals surface area contributed by atoms with Gasteiger partial charge in [0.25, 0.3) is 11.8 Å². The average Bonchev–Trinajstić information content (AvgIpc) is 3.93. The largest absolute Gasteiger partial charge is 0.508 e. The predicted molar refractivity (Wildman–Crippen MR) is 244 cm³/mol. The molecule has 2 aliphatic rings. The number of aromatic nitrogens is 1. The fraction of sp³-hybridized carbons (Fsp3) is 0.362. The van der Waals surface area contributed by atoms with Gasteiger partial charge in [0.1, 0.15) is 29.8 Å². The van der Waals surface area contributed by atoms with Crippen LogP contribution in [0.2, 0.25) is 0 Å². The molecule has 0 aliphatic carbocycles. The van der Waals surface area contributed by atoms with Crippen LogP contribution in [-0.2, 0) is 20.9 Å². The van der Waals surface area contributed by atoms with Crippen LogP contribution in [0.4, 0.5) is 25.4 Å². The normalized spacial score (nSPS) is 14.3. The van der Waals surface area contributed by atoms with Crippen LogP contribution in [0.5, 0.6) is 11.5 Å². The summed E-state index contributed by atoms with van der Waals surface area (Å²) >= 11 is 0. The van der Waals surface area contributed by atoms with Gasteiger partial charge < -0.3 is 40.8 Å². The Morgan fingerprint density at radius 3 is 2.35 bits per heavy atom. The minimum Gasteiger partial charge on any atom is -0.508 e. The summed E-state index contributed by atoms with van der Waals surface area (Å²) in [5.74, 6) is -2.73. The van der Waals surface area contributed by atoms with Gasteiger partial charge >= 0.3 is 12.1 Å². The van der Waals surface area contributed by atoms with Gasteiger partial charge in [0.05, 0.1) is 35.5 Å². The van der Waals surface area contributed by atoms with Crippen molar-refractivity contribution in [2.75, 3.05) is 62.8 Å². The van der Waals surface area contributed by atoms with E-state index in [0.29, 0.717) is 85.4 Å². The first kappa shape index (κ1) is 47.4. The fourth-order valence-corrected chi connectivity index (χ4v) is 8.06. The molecule has 1 fully saturated rings. The highest BCUT2D eigenvalue weighted by atomic mass is 19.1. The summed E-state index contributed by atoms with van der Waals surface area (Å²) in [5.41, 5.74) is 10.1. The number of rotatable bonds is 15. The summed E-state index contributed by atoms with van der Waals surface area (Å²) in [4.78, 5) is 77.5. The van der Waals surface area contributed by atoms with Gasteiger partial charge in [-0.25, -0.2) is 23.8 Å². The second kappa shape index (κ2) is 20.2. The number of carbonyl (C=O) groups excluding carboxylic acids is 5. The Labute approximate surface area is 376 Å². The van der Waals surface area contributed by atoms with Crippen LogP contribution in [0.3, 0.4) is 0 Å². The number of urea groups is 1. The molecule has 0 spiro atoms. The molecular formula is C47H56FN9O8. The maximum atomic E-state index is 14.2. The lowest BCUT2D eigenvalue weighted by atomic mass is 9.98. The molecule has 3 aromatic carbocycles. The van der Waals surface area contributed by atoms with Crippen molar-refractivity contribution < 1.29 is 43.3 Å². The zero-order chi connectivity index (χ0) is 47.3. The highest BCUT2D eigenvalue weighted by Gasteiger charge is 2.32. The summed E-state index contributed by atoms with van der Waals surface area (Å²) in [6.07, 6.45) is 0.551. The van der Waals surface area contributed by atoms with Crippen molar-refractivity contribution in [1.29, 1.82) is 5.41 Å². The molecule has 1 saturated heterocycles. The first-order chi connectivity index (χ1) is 30.9. The number of nitrogens with one attached hydrogen (secondary N) is 3. The van der Waals surface area contributed by atoms with Crippen molar-refractivity contribution in [3.63, 3.8) is 0 Å². The Balaban J connectivity index is 1.06. The van der Waals surface area contributed by atoms with Crippen molar-refractivity contribution in [3.8, 4) is 11.5 Å². The Hall–Kier alpha value is -7.05. The van der Waals surface area contributed by atoms with Crippen molar-refractivity contribution in [2.24, 2.45) is 5.73 Å². The second-order valence-corrected chi connectivity index (χ2v) is 16.3. The van der Waals surface area contributed by atoms with E-state index in [4.69, 9.17) is 15.9 Å². The third kappa shape index (κ3) is 10.5. The van der Waals surface area contributed by atoms with E-state index in [9.17, 15) is 38.6 Å². The van der Waals surface area contributed by atoms with Crippen molar-refractivity contribution in [1.82, 2.24) is 24.6 Å². The van der Waals surface area contributed by atoms with Gasteiger partial charge in [-0.1, -0.05) is 39.8 Å². The minimum atomic E-state index is -0.933. The average molecular weight is 894 g/mol. The number of anilines is 2. The zero-order valence-corrected chi connectivity index (χ0v) is 37.5. The summed E-state index contributed by atoms with van der Waals surface area (Å²) in [7, 11) is 0. The molecule has 4 aromatic rings. The maximum Gasteiger partial charge on any atom is 0.416 e. The minimum absolute atomic E-state index is 0.0230.